The molecule has 122 valence electrons. The Morgan fingerprint density at radius 2 is 2.14 bits per heavy atom. The van der Waals surface area contributed by atoms with Crippen LogP contribution in [0.1, 0.15) is 13.3 Å². The normalized spacial score (nSPS) is 11.2. The van der Waals surface area contributed by atoms with E-state index in [9.17, 15) is 9.59 Å². The van der Waals surface area contributed by atoms with Crippen LogP contribution in [0.2, 0.25) is 0 Å². The maximum Gasteiger partial charge on any atom is 0.332 e. The Bertz CT molecular complexity index is 745. The van der Waals surface area contributed by atoms with Crippen molar-refractivity contribution in [3.05, 3.63) is 20.8 Å². The molecule has 2 rings (SSSR count). The molecule has 0 radical (unpaired) electrons. The zero-order valence-electron chi connectivity index (χ0n) is 12.9. The highest BCUT2D eigenvalue weighted by Gasteiger charge is 2.16. The summed E-state index contributed by atoms with van der Waals surface area (Å²) in [7, 11) is 1.56. The van der Waals surface area contributed by atoms with Gasteiger partial charge in [0.1, 0.15) is 0 Å². The van der Waals surface area contributed by atoms with E-state index in [0.717, 1.165) is 6.42 Å². The van der Waals surface area contributed by atoms with Crippen molar-refractivity contribution in [1.29, 1.82) is 0 Å². The molecule has 0 unspecified atom stereocenters. The van der Waals surface area contributed by atoms with E-state index in [0.29, 0.717) is 49.9 Å². The van der Waals surface area contributed by atoms with Gasteiger partial charge < -0.3 is 20.8 Å². The molecular formula is C13H22N6O3. The predicted octanol–water partition coefficient (Wildman–Crippen LogP) is -0.687. The van der Waals surface area contributed by atoms with Gasteiger partial charge in [-0.3, -0.25) is 13.9 Å². The average molecular weight is 310 g/mol. The van der Waals surface area contributed by atoms with Crippen molar-refractivity contribution in [2.24, 2.45) is 5.73 Å². The standard InChI is InChI=1S/C13H22N6O3/c1-3-18-11(20)9-10(19(13(18)21)7-8-22-2)17-12(16-9)15-6-4-5-14/h3-8,14H2,1-2H3,(H2,15,16,17). The maximum absolute atomic E-state index is 12.4. The lowest BCUT2D eigenvalue weighted by Gasteiger charge is -2.08. The van der Waals surface area contributed by atoms with E-state index in [2.05, 4.69) is 15.3 Å². The number of ether oxygens (including phenoxy) is 1. The van der Waals surface area contributed by atoms with Crippen molar-refractivity contribution in [2.75, 3.05) is 32.1 Å². The summed E-state index contributed by atoms with van der Waals surface area (Å²) >= 11 is 0. The van der Waals surface area contributed by atoms with Crippen LogP contribution in [-0.2, 0) is 17.8 Å². The molecule has 2 heterocycles. The molecule has 0 saturated carbocycles. The van der Waals surface area contributed by atoms with Gasteiger partial charge in [-0.15, -0.1) is 0 Å². The quantitative estimate of drug-likeness (QED) is 0.555. The van der Waals surface area contributed by atoms with E-state index in [1.807, 2.05) is 0 Å². The van der Waals surface area contributed by atoms with Gasteiger partial charge in [-0.1, -0.05) is 0 Å². The Morgan fingerprint density at radius 3 is 2.77 bits per heavy atom. The van der Waals surface area contributed by atoms with E-state index in [1.165, 1.54) is 9.13 Å². The summed E-state index contributed by atoms with van der Waals surface area (Å²) in [6.45, 7) is 3.95. The minimum Gasteiger partial charge on any atom is -0.383 e. The van der Waals surface area contributed by atoms with E-state index in [-0.39, 0.29) is 11.2 Å². The number of fused-ring (bicyclic) bond motifs is 1. The second-order valence-electron chi connectivity index (χ2n) is 4.83. The summed E-state index contributed by atoms with van der Waals surface area (Å²) < 4.78 is 7.66. The molecule has 9 nitrogen and oxygen atoms in total. The largest absolute Gasteiger partial charge is 0.383 e. The van der Waals surface area contributed by atoms with Gasteiger partial charge in [0.15, 0.2) is 11.2 Å². The molecule has 0 amide bonds. The second-order valence-corrected chi connectivity index (χ2v) is 4.83. The van der Waals surface area contributed by atoms with Gasteiger partial charge in [0.25, 0.3) is 5.56 Å². The Kier molecular flexibility index (Phi) is 5.34. The molecule has 2 aromatic heterocycles. The van der Waals surface area contributed by atoms with Crippen molar-refractivity contribution >= 4 is 17.1 Å². The number of anilines is 1. The fourth-order valence-corrected chi connectivity index (χ4v) is 2.22. The average Bonchev–Trinajstić information content (AvgIpc) is 2.92. The Morgan fingerprint density at radius 1 is 1.36 bits per heavy atom. The van der Waals surface area contributed by atoms with Crippen molar-refractivity contribution in [3.63, 3.8) is 0 Å². The number of H-pyrrole nitrogens is 1. The number of nitrogens with two attached hydrogens (primary N) is 1. The molecule has 4 N–H and O–H groups in total. The third-order valence-electron chi connectivity index (χ3n) is 3.37. The first-order valence-corrected chi connectivity index (χ1v) is 7.30. The number of aromatic amines is 1. The van der Waals surface area contributed by atoms with Crippen LogP contribution in [0, 0.1) is 0 Å². The fraction of sp³-hybridized carbons (Fsp3) is 0.615. The van der Waals surface area contributed by atoms with Crippen LogP contribution >= 0.6 is 0 Å². The summed E-state index contributed by atoms with van der Waals surface area (Å²) in [6.07, 6.45) is 0.784. The highest BCUT2D eigenvalue weighted by atomic mass is 16.5. The first-order chi connectivity index (χ1) is 10.6. The minimum atomic E-state index is -0.378. The molecular weight excluding hydrogens is 288 g/mol. The lowest BCUT2D eigenvalue weighted by atomic mass is 10.4. The maximum atomic E-state index is 12.4. The lowest BCUT2D eigenvalue weighted by molar-refractivity contribution is 0.186. The predicted molar refractivity (Wildman–Crippen MR) is 84.3 cm³/mol. The molecule has 0 fully saturated rings. The number of methoxy groups -OCH3 is 1. The van der Waals surface area contributed by atoms with E-state index >= 15 is 0 Å². The number of nitrogens with one attached hydrogen (secondary N) is 2. The zero-order chi connectivity index (χ0) is 16.1. The van der Waals surface area contributed by atoms with Crippen LogP contribution in [0.25, 0.3) is 11.2 Å². The second kappa shape index (κ2) is 7.23. The highest BCUT2D eigenvalue weighted by Crippen LogP contribution is 2.09. The first-order valence-electron chi connectivity index (χ1n) is 7.30. The molecule has 0 aromatic carbocycles. The van der Waals surface area contributed by atoms with Gasteiger partial charge in [-0.25, -0.2) is 4.79 Å². The first kappa shape index (κ1) is 16.2. The summed E-state index contributed by atoms with van der Waals surface area (Å²) in [4.78, 5) is 32.0. The van der Waals surface area contributed by atoms with Crippen molar-refractivity contribution in [2.45, 2.75) is 26.4 Å². The molecule has 0 aliphatic heterocycles. The molecule has 0 saturated heterocycles. The molecule has 0 aliphatic carbocycles. The number of imidazole rings is 1. The van der Waals surface area contributed by atoms with Crippen LogP contribution in [0.4, 0.5) is 5.95 Å². The van der Waals surface area contributed by atoms with E-state index in [4.69, 9.17) is 10.5 Å². The Balaban J connectivity index is 2.53. The summed E-state index contributed by atoms with van der Waals surface area (Å²) in [5.41, 5.74) is 5.35. The van der Waals surface area contributed by atoms with Crippen LogP contribution in [0.3, 0.4) is 0 Å². The zero-order valence-corrected chi connectivity index (χ0v) is 12.9. The third-order valence-corrected chi connectivity index (χ3v) is 3.37. The number of rotatable bonds is 8. The summed E-state index contributed by atoms with van der Waals surface area (Å²) in [5, 5.41) is 3.06. The molecule has 9 heteroatoms. The number of nitrogens with zero attached hydrogens (tertiary/aromatic N) is 3. The van der Waals surface area contributed by atoms with Crippen molar-refractivity contribution < 1.29 is 4.74 Å². The summed E-state index contributed by atoms with van der Waals surface area (Å²) in [5.74, 6) is 0.458. The number of hydrogen-bond acceptors (Lipinski definition) is 6. The highest BCUT2D eigenvalue weighted by molar-refractivity contribution is 5.72. The van der Waals surface area contributed by atoms with Crippen LogP contribution in [0.5, 0.6) is 0 Å². The van der Waals surface area contributed by atoms with Crippen LogP contribution in [-0.4, -0.2) is 45.9 Å². The monoisotopic (exact) mass is 310 g/mol. The van der Waals surface area contributed by atoms with Crippen molar-refractivity contribution in [1.82, 2.24) is 19.1 Å². The molecule has 22 heavy (non-hydrogen) atoms. The molecule has 0 atom stereocenters. The molecule has 0 aliphatic rings. The minimum absolute atomic E-state index is 0.301. The van der Waals surface area contributed by atoms with Gasteiger partial charge in [0, 0.05) is 20.2 Å². The van der Waals surface area contributed by atoms with E-state index in [1.54, 1.807) is 14.0 Å². The van der Waals surface area contributed by atoms with Crippen LogP contribution < -0.4 is 22.3 Å². The van der Waals surface area contributed by atoms with Gasteiger partial charge in [0.2, 0.25) is 5.95 Å². The third kappa shape index (κ3) is 3.04. The van der Waals surface area contributed by atoms with Gasteiger partial charge in [0.05, 0.1) is 13.2 Å². The summed E-state index contributed by atoms with van der Waals surface area (Å²) in [6, 6.07) is 0. The SMILES string of the molecule is CCn1c(=O)c2[nH]c(NCCCN)nc2n(CCOC)c1=O. The topological polar surface area (TPSA) is 120 Å². The molecule has 0 bridgehead atoms. The number of hydrogen-bond donors (Lipinski definition) is 3. The van der Waals surface area contributed by atoms with E-state index < -0.39 is 0 Å². The molecule has 0 spiro atoms. The Labute approximate surface area is 127 Å². The van der Waals surface area contributed by atoms with Gasteiger partial charge in [-0.2, -0.15) is 4.98 Å². The van der Waals surface area contributed by atoms with Crippen LogP contribution in [0.15, 0.2) is 9.59 Å². The van der Waals surface area contributed by atoms with Gasteiger partial charge in [-0.05, 0) is 19.9 Å². The smallest absolute Gasteiger partial charge is 0.332 e. The fourth-order valence-electron chi connectivity index (χ4n) is 2.22. The number of aromatic nitrogens is 4. The van der Waals surface area contributed by atoms with Crippen molar-refractivity contribution in [3.8, 4) is 0 Å². The van der Waals surface area contributed by atoms with Gasteiger partial charge >= 0.3 is 5.69 Å². The Hall–Kier alpha value is -2.13. The molecule has 2 aromatic rings. The lowest BCUT2D eigenvalue weighted by Crippen LogP contribution is -2.40.